The predicted octanol–water partition coefficient (Wildman–Crippen LogP) is 6.75. The van der Waals surface area contributed by atoms with Gasteiger partial charge in [0.2, 0.25) is 0 Å². The summed E-state index contributed by atoms with van der Waals surface area (Å²) < 4.78 is 27.9. The van der Waals surface area contributed by atoms with Gasteiger partial charge in [0.1, 0.15) is 0 Å². The number of imide groups is 1. The van der Waals surface area contributed by atoms with Crippen molar-refractivity contribution in [3.63, 3.8) is 0 Å². The maximum Gasteiger partial charge on any atom is 0.329 e. The number of likely N-dealkylation sites (tertiary alicyclic amines) is 1. The van der Waals surface area contributed by atoms with E-state index in [4.69, 9.17) is 0 Å². The zero-order valence-corrected chi connectivity index (χ0v) is 24.4. The van der Waals surface area contributed by atoms with Gasteiger partial charge >= 0.3 is 12.1 Å². The van der Waals surface area contributed by atoms with Crippen molar-refractivity contribution < 1.29 is 18.4 Å². The lowest BCUT2D eigenvalue weighted by Gasteiger charge is -2.43. The second kappa shape index (κ2) is 13.8. The van der Waals surface area contributed by atoms with Crippen LogP contribution in [-0.2, 0) is 0 Å². The molecule has 4 amide bonds. The molecule has 2 fully saturated rings. The molecular weight excluding hydrogens is 548 g/mol. The summed E-state index contributed by atoms with van der Waals surface area (Å²) in [6.45, 7) is 5.28. The fraction of sp³-hybridized carbons (Fsp3) is 0.382. The van der Waals surface area contributed by atoms with E-state index in [0.717, 1.165) is 66.2 Å². The molecule has 0 saturated carbocycles. The minimum absolute atomic E-state index is 0.266. The van der Waals surface area contributed by atoms with Crippen molar-refractivity contribution in [3.05, 3.63) is 107 Å². The van der Waals surface area contributed by atoms with Crippen molar-refractivity contribution in [1.29, 1.82) is 5.26 Å². The van der Waals surface area contributed by atoms with E-state index in [0.29, 0.717) is 37.4 Å². The summed E-state index contributed by atoms with van der Waals surface area (Å²) >= 11 is 0. The average Bonchev–Trinajstić information content (AvgIpc) is 3.04. The van der Waals surface area contributed by atoms with E-state index in [9.17, 15) is 23.6 Å². The smallest absolute Gasteiger partial charge is 0.329 e. The van der Waals surface area contributed by atoms with Gasteiger partial charge < -0.3 is 15.1 Å². The number of carbonyl (C=O) groups excluding carboxylic acids is 2. The second-order valence-corrected chi connectivity index (χ2v) is 11.3. The summed E-state index contributed by atoms with van der Waals surface area (Å²) in [4.78, 5) is 32.5. The molecule has 9 heteroatoms. The Kier molecular flexibility index (Phi) is 9.68. The van der Waals surface area contributed by atoms with E-state index in [1.54, 1.807) is 4.90 Å². The zero-order chi connectivity index (χ0) is 30.3. The highest BCUT2D eigenvalue weighted by molar-refractivity contribution is 5.95. The summed E-state index contributed by atoms with van der Waals surface area (Å²) in [7, 11) is 0. The molecule has 224 valence electrons. The number of rotatable bonds is 8. The van der Waals surface area contributed by atoms with Crippen molar-refractivity contribution >= 4 is 12.1 Å². The summed E-state index contributed by atoms with van der Waals surface area (Å²) in [5, 5.41) is 12.4. The van der Waals surface area contributed by atoms with Crippen LogP contribution in [0.5, 0.6) is 0 Å². The van der Waals surface area contributed by atoms with Crippen molar-refractivity contribution in [2.24, 2.45) is 0 Å². The normalized spacial score (nSPS) is 18.7. The molecule has 3 aromatic rings. The highest BCUT2D eigenvalue weighted by atomic mass is 19.2. The van der Waals surface area contributed by atoms with E-state index in [1.807, 2.05) is 61.5 Å². The Morgan fingerprint density at radius 3 is 2.42 bits per heavy atom. The molecule has 2 atom stereocenters. The molecule has 0 radical (unpaired) electrons. The molecule has 2 aliphatic heterocycles. The number of carbonyl (C=O) groups is 2. The van der Waals surface area contributed by atoms with Crippen molar-refractivity contribution in [2.45, 2.75) is 50.6 Å². The summed E-state index contributed by atoms with van der Waals surface area (Å²) in [6, 6.07) is 21.2. The molecule has 0 aliphatic carbocycles. The Morgan fingerprint density at radius 1 is 0.977 bits per heavy atom. The molecule has 0 spiro atoms. The number of halogens is 2. The predicted molar refractivity (Wildman–Crippen MR) is 160 cm³/mol. The van der Waals surface area contributed by atoms with Crippen LogP contribution in [0.1, 0.15) is 72.9 Å². The largest absolute Gasteiger partial charge is 0.338 e. The lowest BCUT2D eigenvalue weighted by Crippen LogP contribution is -2.56. The lowest BCUT2D eigenvalue weighted by atomic mass is 9.87. The van der Waals surface area contributed by atoms with Gasteiger partial charge in [0, 0.05) is 13.1 Å². The third kappa shape index (κ3) is 6.86. The molecule has 0 bridgehead atoms. The molecule has 0 aromatic heterocycles. The maximum atomic E-state index is 14.2. The molecule has 3 aromatic carbocycles. The third-order valence-electron chi connectivity index (χ3n) is 8.74. The topological polar surface area (TPSA) is 79.7 Å². The van der Waals surface area contributed by atoms with Gasteiger partial charge in [-0.1, -0.05) is 54.6 Å². The number of amides is 4. The number of piperidine rings is 1. The molecule has 5 rings (SSSR count). The van der Waals surface area contributed by atoms with Crippen LogP contribution in [0.25, 0.3) is 0 Å². The maximum absolute atomic E-state index is 14.2. The van der Waals surface area contributed by atoms with Crippen molar-refractivity contribution in [1.82, 2.24) is 20.0 Å². The van der Waals surface area contributed by atoms with Crippen LogP contribution in [0.4, 0.5) is 18.4 Å². The van der Waals surface area contributed by atoms with Gasteiger partial charge in [-0.05, 0) is 93.0 Å². The SMILES string of the molecule is C[C@H](c1ccccc1)N1CCC(c2ccc(F)c(F)c2)N(C(=O)NCCCN2CCC(c3ccccc3C#N)CC2)C1=O. The Morgan fingerprint density at radius 2 is 1.70 bits per heavy atom. The number of benzene rings is 3. The van der Waals surface area contributed by atoms with Crippen LogP contribution >= 0.6 is 0 Å². The van der Waals surface area contributed by atoms with Gasteiger partial charge in [-0.3, -0.25) is 0 Å². The quantitative estimate of drug-likeness (QED) is 0.297. The van der Waals surface area contributed by atoms with E-state index in [-0.39, 0.29) is 6.04 Å². The first-order valence-corrected chi connectivity index (χ1v) is 15.0. The van der Waals surface area contributed by atoms with E-state index >= 15 is 0 Å². The molecule has 1 N–H and O–H groups in total. The molecule has 2 aliphatic rings. The Hall–Kier alpha value is -4.29. The van der Waals surface area contributed by atoms with Gasteiger partial charge in [0.25, 0.3) is 0 Å². The van der Waals surface area contributed by atoms with E-state index in [1.165, 1.54) is 6.07 Å². The van der Waals surface area contributed by atoms with Crippen LogP contribution < -0.4 is 5.32 Å². The first kappa shape index (κ1) is 30.2. The number of hydrogen-bond donors (Lipinski definition) is 1. The second-order valence-electron chi connectivity index (χ2n) is 11.3. The zero-order valence-electron chi connectivity index (χ0n) is 24.4. The average molecular weight is 586 g/mol. The van der Waals surface area contributed by atoms with Crippen LogP contribution in [0.3, 0.4) is 0 Å². The Labute approximate surface area is 251 Å². The molecule has 2 heterocycles. The number of nitrogens with one attached hydrogen (secondary N) is 1. The number of nitrogens with zero attached hydrogens (tertiary/aromatic N) is 4. The minimum Gasteiger partial charge on any atom is -0.338 e. The molecular formula is C34H37F2N5O2. The van der Waals surface area contributed by atoms with E-state index < -0.39 is 29.7 Å². The third-order valence-corrected chi connectivity index (χ3v) is 8.74. The molecule has 2 saturated heterocycles. The van der Waals surface area contributed by atoms with Crippen LogP contribution in [-0.4, -0.2) is 59.5 Å². The summed E-state index contributed by atoms with van der Waals surface area (Å²) in [5.74, 6) is -1.61. The first-order chi connectivity index (χ1) is 20.9. The number of hydrogen-bond acceptors (Lipinski definition) is 4. The van der Waals surface area contributed by atoms with E-state index in [2.05, 4.69) is 16.3 Å². The Balaban J connectivity index is 1.20. The van der Waals surface area contributed by atoms with Crippen molar-refractivity contribution in [3.8, 4) is 6.07 Å². The summed E-state index contributed by atoms with van der Waals surface area (Å²) in [6.07, 6.45) is 3.04. The van der Waals surface area contributed by atoms with Crippen molar-refractivity contribution in [2.75, 3.05) is 32.7 Å². The lowest BCUT2D eigenvalue weighted by molar-refractivity contribution is 0.0944. The molecule has 7 nitrogen and oxygen atoms in total. The van der Waals surface area contributed by atoms with Crippen LogP contribution in [0, 0.1) is 23.0 Å². The van der Waals surface area contributed by atoms with Gasteiger partial charge in [0.15, 0.2) is 11.6 Å². The number of urea groups is 2. The van der Waals surface area contributed by atoms with Crippen LogP contribution in [0.2, 0.25) is 0 Å². The van der Waals surface area contributed by atoms with Crippen LogP contribution in [0.15, 0.2) is 72.8 Å². The van der Waals surface area contributed by atoms with Gasteiger partial charge in [-0.25, -0.2) is 23.3 Å². The molecule has 1 unspecified atom stereocenters. The summed E-state index contributed by atoms with van der Waals surface area (Å²) in [5.41, 5.74) is 3.20. The standard InChI is InChI=1S/C34H37F2N5O2/c1-24(25-8-3-2-4-9-25)40-21-16-32(27-12-13-30(35)31(36)22-27)41(34(40)43)33(42)38-17-7-18-39-19-14-26(15-20-39)29-11-6-5-10-28(29)23-37/h2-6,8-13,22,24,26,32H,7,14-21H2,1H3,(H,38,42)/t24-,32?/m1/s1. The number of nitriles is 1. The highest BCUT2D eigenvalue weighted by Crippen LogP contribution is 2.35. The Bertz CT molecular complexity index is 1470. The fourth-order valence-electron chi connectivity index (χ4n) is 6.30. The van der Waals surface area contributed by atoms with Gasteiger partial charge in [-0.2, -0.15) is 5.26 Å². The minimum atomic E-state index is -1.01. The fourth-order valence-corrected chi connectivity index (χ4v) is 6.30. The van der Waals surface area contributed by atoms with Gasteiger partial charge in [0.05, 0.1) is 23.7 Å². The monoisotopic (exact) mass is 585 g/mol. The first-order valence-electron chi connectivity index (χ1n) is 15.0. The van der Waals surface area contributed by atoms with Gasteiger partial charge in [-0.15, -0.1) is 0 Å². The highest BCUT2D eigenvalue weighted by Gasteiger charge is 2.40. The molecule has 43 heavy (non-hydrogen) atoms.